The van der Waals surface area contributed by atoms with Crippen LogP contribution in [-0.2, 0) is 0 Å². The van der Waals surface area contributed by atoms with E-state index in [2.05, 4.69) is 6.92 Å². The average molecular weight is 461 g/mol. The highest BCUT2D eigenvalue weighted by atomic mass is 19.2. The Hall–Kier alpha value is -1.12. The van der Waals surface area contributed by atoms with Crippen LogP contribution >= 0.6 is 0 Å². The van der Waals surface area contributed by atoms with Crippen LogP contribution in [0.25, 0.3) is 0 Å². The van der Waals surface area contributed by atoms with Gasteiger partial charge in [-0.2, -0.15) is 4.39 Å². The van der Waals surface area contributed by atoms with Crippen LogP contribution < -0.4 is 4.74 Å². The van der Waals surface area contributed by atoms with Crippen molar-refractivity contribution in [2.45, 2.75) is 116 Å². The van der Waals surface area contributed by atoms with Crippen LogP contribution in [0, 0.1) is 41.2 Å². The Labute approximate surface area is 201 Å². The van der Waals surface area contributed by atoms with Gasteiger partial charge in [0.1, 0.15) is 0 Å². The molecule has 0 aliphatic heterocycles. The Balaban J connectivity index is 1.22. The lowest BCUT2D eigenvalue weighted by molar-refractivity contribution is 0.107. The van der Waals surface area contributed by atoms with Gasteiger partial charge >= 0.3 is 0 Å². The maximum atomic E-state index is 14.8. The van der Waals surface area contributed by atoms with Crippen LogP contribution in [0.1, 0.15) is 122 Å². The molecule has 186 valence electrons. The molecule has 0 N–H and O–H groups in total. The lowest BCUT2D eigenvalue weighted by Crippen LogP contribution is -2.31. The molecule has 4 unspecified atom stereocenters. The molecule has 0 heterocycles. The van der Waals surface area contributed by atoms with E-state index in [0.717, 1.165) is 36.5 Å². The fourth-order valence-corrected chi connectivity index (χ4v) is 7.43. The maximum absolute atomic E-state index is 14.8. The van der Waals surface area contributed by atoms with Crippen LogP contribution in [0.3, 0.4) is 0 Å². The quantitative estimate of drug-likeness (QED) is 0.356. The van der Waals surface area contributed by atoms with E-state index in [1.165, 1.54) is 83.5 Å². The van der Waals surface area contributed by atoms with Crippen LogP contribution in [-0.4, -0.2) is 6.61 Å². The molecular formula is C30H46F2O. The van der Waals surface area contributed by atoms with E-state index in [0.29, 0.717) is 18.1 Å². The zero-order valence-electron chi connectivity index (χ0n) is 21.1. The molecule has 0 bridgehead atoms. The molecule has 4 rings (SSSR count). The summed E-state index contributed by atoms with van der Waals surface area (Å²) in [6.07, 6.45) is 20.2. The van der Waals surface area contributed by atoms with E-state index in [9.17, 15) is 8.78 Å². The summed E-state index contributed by atoms with van der Waals surface area (Å²) in [5.41, 5.74) is 0.575. The minimum absolute atomic E-state index is 0.0439. The third kappa shape index (κ3) is 6.31. The van der Waals surface area contributed by atoms with Crippen molar-refractivity contribution in [1.29, 1.82) is 0 Å². The molecule has 3 aliphatic carbocycles. The van der Waals surface area contributed by atoms with Crippen molar-refractivity contribution in [2.24, 2.45) is 29.6 Å². The summed E-state index contributed by atoms with van der Waals surface area (Å²) in [6.45, 7) is 4.46. The molecule has 3 heteroatoms. The summed E-state index contributed by atoms with van der Waals surface area (Å²) in [6, 6.07) is 3.40. The van der Waals surface area contributed by atoms with E-state index in [4.69, 9.17) is 4.74 Å². The zero-order valence-corrected chi connectivity index (χ0v) is 21.1. The molecule has 3 aliphatic rings. The largest absolute Gasteiger partial charge is 0.491 e. The SMILES string of the molecule is CCCCC1CCC(CCC2CCC3CC(c4ccc(OCC)c(F)c4F)CCC3C2)CC1. The maximum Gasteiger partial charge on any atom is 0.200 e. The van der Waals surface area contributed by atoms with E-state index in [1.54, 1.807) is 19.1 Å². The second-order valence-corrected chi connectivity index (χ2v) is 11.5. The van der Waals surface area contributed by atoms with Crippen molar-refractivity contribution < 1.29 is 13.5 Å². The fourth-order valence-electron chi connectivity index (χ4n) is 7.43. The highest BCUT2D eigenvalue weighted by Crippen LogP contribution is 2.49. The molecule has 0 spiro atoms. The number of hydrogen-bond donors (Lipinski definition) is 0. The summed E-state index contributed by atoms with van der Waals surface area (Å²) in [4.78, 5) is 0. The van der Waals surface area contributed by atoms with Crippen molar-refractivity contribution in [2.75, 3.05) is 6.61 Å². The van der Waals surface area contributed by atoms with Gasteiger partial charge in [0.05, 0.1) is 6.61 Å². The minimum atomic E-state index is -0.806. The fraction of sp³-hybridized carbons (Fsp3) is 0.800. The second-order valence-electron chi connectivity index (χ2n) is 11.5. The first-order valence-electron chi connectivity index (χ1n) is 14.2. The summed E-state index contributed by atoms with van der Waals surface area (Å²) in [5.74, 6) is 3.12. The van der Waals surface area contributed by atoms with Crippen LogP contribution in [0.15, 0.2) is 12.1 Å². The number of fused-ring (bicyclic) bond motifs is 1. The molecule has 0 aromatic heterocycles. The molecule has 0 saturated heterocycles. The van der Waals surface area contributed by atoms with Gasteiger partial charge in [0.2, 0.25) is 5.82 Å². The van der Waals surface area contributed by atoms with Crippen molar-refractivity contribution in [1.82, 2.24) is 0 Å². The lowest BCUT2D eigenvalue weighted by Gasteiger charge is -2.43. The first-order chi connectivity index (χ1) is 16.1. The molecule has 4 atom stereocenters. The summed E-state index contributed by atoms with van der Waals surface area (Å²) >= 11 is 0. The van der Waals surface area contributed by atoms with Crippen molar-refractivity contribution >= 4 is 0 Å². The second kappa shape index (κ2) is 12.0. The van der Waals surface area contributed by atoms with Gasteiger partial charge in [-0.05, 0) is 86.2 Å². The Morgan fingerprint density at radius 2 is 1.36 bits per heavy atom. The topological polar surface area (TPSA) is 9.23 Å². The summed E-state index contributed by atoms with van der Waals surface area (Å²) in [5, 5.41) is 0. The molecule has 1 nitrogen and oxygen atoms in total. The normalized spacial score (nSPS) is 32.4. The zero-order chi connectivity index (χ0) is 23.2. The van der Waals surface area contributed by atoms with Gasteiger partial charge in [0, 0.05) is 0 Å². The smallest absolute Gasteiger partial charge is 0.200 e. The summed E-state index contributed by atoms with van der Waals surface area (Å²) < 4.78 is 34.4. The summed E-state index contributed by atoms with van der Waals surface area (Å²) in [7, 11) is 0. The number of ether oxygens (including phenoxy) is 1. The highest BCUT2D eigenvalue weighted by Gasteiger charge is 2.37. The number of benzene rings is 1. The highest BCUT2D eigenvalue weighted by molar-refractivity contribution is 5.33. The third-order valence-corrected chi connectivity index (χ3v) is 9.45. The minimum Gasteiger partial charge on any atom is -0.491 e. The Morgan fingerprint density at radius 1 is 0.727 bits per heavy atom. The molecule has 0 amide bonds. The standard InChI is InChI=1S/C30H46F2O/c1-3-5-6-21-7-9-22(10-8-21)11-12-23-13-14-25-20-26(16-15-24(25)19-23)27-17-18-28(33-4-2)30(32)29(27)31/h17-18,21-26H,3-16,19-20H2,1-2H3. The Kier molecular flexibility index (Phi) is 9.11. The van der Waals surface area contributed by atoms with Gasteiger partial charge in [0.25, 0.3) is 0 Å². The van der Waals surface area contributed by atoms with Gasteiger partial charge in [-0.15, -0.1) is 0 Å². The number of rotatable bonds is 9. The molecule has 0 radical (unpaired) electrons. The Morgan fingerprint density at radius 3 is 2.09 bits per heavy atom. The van der Waals surface area contributed by atoms with Crippen LogP contribution in [0.4, 0.5) is 8.78 Å². The van der Waals surface area contributed by atoms with Gasteiger partial charge in [-0.3, -0.25) is 0 Å². The van der Waals surface area contributed by atoms with Crippen molar-refractivity contribution in [3.05, 3.63) is 29.3 Å². The van der Waals surface area contributed by atoms with Gasteiger partial charge in [0.15, 0.2) is 11.6 Å². The molecule has 1 aromatic rings. The molecular weight excluding hydrogens is 414 g/mol. The first kappa shape index (κ1) is 25.0. The lowest BCUT2D eigenvalue weighted by atomic mass is 9.63. The monoisotopic (exact) mass is 460 g/mol. The van der Waals surface area contributed by atoms with Crippen LogP contribution in [0.2, 0.25) is 0 Å². The third-order valence-electron chi connectivity index (χ3n) is 9.45. The number of halogens is 2. The van der Waals surface area contributed by atoms with Crippen molar-refractivity contribution in [3.63, 3.8) is 0 Å². The number of hydrogen-bond acceptors (Lipinski definition) is 1. The molecule has 3 fully saturated rings. The van der Waals surface area contributed by atoms with E-state index in [-0.39, 0.29) is 11.7 Å². The molecule has 1 aromatic carbocycles. The van der Waals surface area contributed by atoms with Gasteiger partial charge in [-0.25, -0.2) is 4.39 Å². The van der Waals surface area contributed by atoms with E-state index < -0.39 is 11.6 Å². The Bertz CT molecular complexity index is 739. The molecule has 3 saturated carbocycles. The first-order valence-corrected chi connectivity index (χ1v) is 14.2. The number of unbranched alkanes of at least 4 members (excludes halogenated alkanes) is 1. The predicted molar refractivity (Wildman–Crippen MR) is 133 cm³/mol. The predicted octanol–water partition coefficient (Wildman–Crippen LogP) is 9.44. The van der Waals surface area contributed by atoms with Gasteiger partial charge in [-0.1, -0.05) is 77.2 Å². The molecule has 33 heavy (non-hydrogen) atoms. The van der Waals surface area contributed by atoms with E-state index in [1.807, 2.05) is 0 Å². The van der Waals surface area contributed by atoms with E-state index >= 15 is 0 Å². The van der Waals surface area contributed by atoms with Crippen molar-refractivity contribution in [3.8, 4) is 5.75 Å². The average Bonchev–Trinajstić information content (AvgIpc) is 2.85. The van der Waals surface area contributed by atoms with Gasteiger partial charge < -0.3 is 4.74 Å². The van der Waals surface area contributed by atoms with Crippen LogP contribution in [0.5, 0.6) is 5.75 Å².